The maximum absolute atomic E-state index is 13.0. The number of carbonyl (C=O) groups excluding carboxylic acids is 2. The number of carbonyl (C=O) groups is 2. The first kappa shape index (κ1) is 23.2. The average molecular weight is 490 g/mol. The first-order chi connectivity index (χ1) is 15.7. The molecule has 4 rings (SSSR count). The molecule has 1 N–H and O–H groups in total. The van der Waals surface area contributed by atoms with Gasteiger partial charge in [-0.2, -0.15) is 8.42 Å². The van der Waals surface area contributed by atoms with Gasteiger partial charge in [-0.05, 0) is 30.5 Å². The van der Waals surface area contributed by atoms with Crippen LogP contribution in [0.4, 0.5) is 0 Å². The summed E-state index contributed by atoms with van der Waals surface area (Å²) < 4.78 is 37.7. The zero-order valence-electron chi connectivity index (χ0n) is 17.3. The molecule has 2 aromatic carbocycles. The van der Waals surface area contributed by atoms with Crippen LogP contribution in [0.5, 0.6) is 0 Å². The number of fused-ring (bicyclic) bond motifs is 1. The maximum atomic E-state index is 13.0. The van der Waals surface area contributed by atoms with Crippen LogP contribution in [0.25, 0.3) is 22.1 Å². The molecule has 8 nitrogen and oxygen atoms in total. The van der Waals surface area contributed by atoms with Crippen molar-refractivity contribution in [3.05, 3.63) is 69.5 Å². The van der Waals surface area contributed by atoms with Crippen LogP contribution in [0.1, 0.15) is 24.3 Å². The van der Waals surface area contributed by atoms with Gasteiger partial charge in [-0.1, -0.05) is 41.9 Å². The number of nitrogens with zero attached hydrogens (tertiary/aromatic N) is 1. The molecule has 1 fully saturated rings. The molecule has 0 radical (unpaired) electrons. The van der Waals surface area contributed by atoms with Gasteiger partial charge in [0.1, 0.15) is 23.0 Å². The molecular weight excluding hydrogens is 470 g/mol. The summed E-state index contributed by atoms with van der Waals surface area (Å²) in [5, 5.41) is -0.0591. The Balaban J connectivity index is 1.72. The lowest BCUT2D eigenvalue weighted by Crippen LogP contribution is -2.47. The summed E-state index contributed by atoms with van der Waals surface area (Å²) in [6.07, 6.45) is 1.09. The zero-order valence-corrected chi connectivity index (χ0v) is 18.9. The summed E-state index contributed by atoms with van der Waals surface area (Å²) in [5.74, 6) is -1.80. The number of hydrogen-bond acceptors (Lipinski definition) is 6. The molecule has 0 bridgehead atoms. The lowest BCUT2D eigenvalue weighted by atomic mass is 9.95. The Labute approximate surface area is 194 Å². The molecule has 1 saturated heterocycles. The largest absolute Gasteiger partial charge is 0.423 e. The third-order valence-corrected chi connectivity index (χ3v) is 7.36. The van der Waals surface area contributed by atoms with Crippen molar-refractivity contribution >= 4 is 44.9 Å². The average Bonchev–Trinajstić information content (AvgIpc) is 2.78. The number of piperidine rings is 1. The zero-order chi connectivity index (χ0) is 23.8. The lowest BCUT2D eigenvalue weighted by molar-refractivity contribution is -0.135. The van der Waals surface area contributed by atoms with Gasteiger partial charge in [-0.15, -0.1) is 0 Å². The smallest absolute Gasteiger partial charge is 0.336 e. The number of amides is 1. The Morgan fingerprint density at radius 2 is 1.94 bits per heavy atom. The van der Waals surface area contributed by atoms with E-state index in [2.05, 4.69) is 0 Å². The summed E-state index contributed by atoms with van der Waals surface area (Å²) in [4.78, 5) is 38.4. The van der Waals surface area contributed by atoms with Crippen molar-refractivity contribution in [1.29, 1.82) is 0 Å². The van der Waals surface area contributed by atoms with Gasteiger partial charge in [0.25, 0.3) is 10.1 Å². The van der Waals surface area contributed by atoms with Crippen molar-refractivity contribution in [2.24, 2.45) is 0 Å². The highest BCUT2D eigenvalue weighted by molar-refractivity contribution is 7.86. The third kappa shape index (κ3) is 4.71. The van der Waals surface area contributed by atoms with E-state index >= 15 is 0 Å². The van der Waals surface area contributed by atoms with E-state index in [1.54, 1.807) is 36.4 Å². The Kier molecular flexibility index (Phi) is 6.38. The summed E-state index contributed by atoms with van der Waals surface area (Å²) >= 11 is 6.30. The first-order valence-corrected chi connectivity index (χ1v) is 12.1. The molecule has 10 heteroatoms. The van der Waals surface area contributed by atoms with E-state index in [4.69, 9.17) is 16.0 Å². The topological polar surface area (TPSA) is 122 Å². The molecule has 0 aliphatic carbocycles. The van der Waals surface area contributed by atoms with Gasteiger partial charge in [0.05, 0.1) is 0 Å². The van der Waals surface area contributed by atoms with Crippen LogP contribution < -0.4 is 5.63 Å². The molecule has 2 unspecified atom stereocenters. The summed E-state index contributed by atoms with van der Waals surface area (Å²) in [5.41, 5.74) is 1.06. The molecule has 1 aliphatic heterocycles. The van der Waals surface area contributed by atoms with Crippen LogP contribution in [0.15, 0.2) is 57.7 Å². The first-order valence-electron chi connectivity index (χ1n) is 10.2. The van der Waals surface area contributed by atoms with Gasteiger partial charge in [0.15, 0.2) is 0 Å². The van der Waals surface area contributed by atoms with Crippen molar-refractivity contribution in [3.63, 3.8) is 0 Å². The fourth-order valence-corrected chi connectivity index (χ4v) is 5.20. The molecule has 1 aliphatic rings. The Morgan fingerprint density at radius 3 is 2.64 bits per heavy atom. The number of halogens is 1. The minimum Gasteiger partial charge on any atom is -0.423 e. The minimum atomic E-state index is -4.30. The molecule has 2 atom stereocenters. The molecule has 3 aromatic rings. The van der Waals surface area contributed by atoms with Crippen LogP contribution in [-0.2, 0) is 19.7 Å². The van der Waals surface area contributed by atoms with Crippen LogP contribution in [-0.4, -0.2) is 48.4 Å². The SMILES string of the molecule is O=CC(C(=O)N1CCCC(S(=O)(=O)O)C1)c1ccc2c(-c3ccccc3Cl)cc(=O)oc2c1. The van der Waals surface area contributed by atoms with Crippen molar-refractivity contribution in [3.8, 4) is 11.1 Å². The Hall–Kier alpha value is -3.01. The van der Waals surface area contributed by atoms with E-state index < -0.39 is 32.8 Å². The highest BCUT2D eigenvalue weighted by Gasteiger charge is 2.34. The van der Waals surface area contributed by atoms with E-state index in [0.29, 0.717) is 39.8 Å². The highest BCUT2D eigenvalue weighted by Crippen LogP contribution is 2.34. The van der Waals surface area contributed by atoms with E-state index in [1.807, 2.05) is 0 Å². The molecule has 0 spiro atoms. The lowest BCUT2D eigenvalue weighted by Gasteiger charge is -2.32. The maximum Gasteiger partial charge on any atom is 0.336 e. The molecule has 0 saturated carbocycles. The number of hydrogen-bond donors (Lipinski definition) is 1. The van der Waals surface area contributed by atoms with Crippen LogP contribution >= 0.6 is 11.6 Å². The van der Waals surface area contributed by atoms with E-state index in [1.165, 1.54) is 17.0 Å². The number of aldehydes is 1. The standard InChI is InChI=1S/C23H20ClNO7S/c24-20-6-2-1-5-16(20)18-11-22(27)32-21-10-14(7-8-17(18)21)19(13-26)23(28)25-9-3-4-15(12-25)33(29,30)31/h1-2,5-8,10-11,13,15,19H,3-4,9,12H2,(H,29,30,31). The van der Waals surface area contributed by atoms with Gasteiger partial charge in [0.2, 0.25) is 5.91 Å². The summed E-state index contributed by atoms with van der Waals surface area (Å²) in [6.45, 7) is 0.0792. The highest BCUT2D eigenvalue weighted by atomic mass is 35.5. The van der Waals surface area contributed by atoms with E-state index in [-0.39, 0.29) is 25.1 Å². The molecule has 1 aromatic heterocycles. The summed E-state index contributed by atoms with van der Waals surface area (Å²) in [6, 6.07) is 13.0. The quantitative estimate of drug-likeness (QED) is 0.252. The predicted molar refractivity (Wildman–Crippen MR) is 123 cm³/mol. The fraction of sp³-hybridized carbons (Fsp3) is 0.261. The van der Waals surface area contributed by atoms with Crippen molar-refractivity contribution in [1.82, 2.24) is 4.90 Å². The van der Waals surface area contributed by atoms with Crippen LogP contribution in [0, 0.1) is 0 Å². The van der Waals surface area contributed by atoms with Gasteiger partial charge in [-0.25, -0.2) is 4.79 Å². The Bertz CT molecular complexity index is 1400. The molecule has 172 valence electrons. The van der Waals surface area contributed by atoms with Crippen molar-refractivity contribution in [2.75, 3.05) is 13.1 Å². The normalized spacial score (nSPS) is 17.6. The van der Waals surface area contributed by atoms with E-state index in [9.17, 15) is 27.4 Å². The van der Waals surface area contributed by atoms with Crippen LogP contribution in [0.3, 0.4) is 0 Å². The van der Waals surface area contributed by atoms with Gasteiger partial charge < -0.3 is 14.1 Å². The fourth-order valence-electron chi connectivity index (χ4n) is 4.13. The number of likely N-dealkylation sites (tertiary alicyclic amines) is 1. The molecule has 33 heavy (non-hydrogen) atoms. The number of rotatable bonds is 5. The molecular formula is C23H20ClNO7S. The van der Waals surface area contributed by atoms with E-state index in [0.717, 1.165) is 0 Å². The minimum absolute atomic E-state index is 0.184. The second-order valence-electron chi connectivity index (χ2n) is 7.89. The van der Waals surface area contributed by atoms with Crippen molar-refractivity contribution < 1.29 is 27.0 Å². The molecule has 2 heterocycles. The van der Waals surface area contributed by atoms with Gasteiger partial charge in [0, 0.05) is 40.7 Å². The third-order valence-electron chi connectivity index (χ3n) is 5.80. The predicted octanol–water partition coefficient (Wildman–Crippen LogP) is 3.27. The molecule has 1 amide bonds. The second kappa shape index (κ2) is 9.09. The second-order valence-corrected chi connectivity index (χ2v) is 10.00. The van der Waals surface area contributed by atoms with Crippen LogP contribution in [0.2, 0.25) is 5.02 Å². The van der Waals surface area contributed by atoms with Crippen molar-refractivity contribution in [2.45, 2.75) is 24.0 Å². The number of benzene rings is 2. The van der Waals surface area contributed by atoms with Gasteiger partial charge in [-0.3, -0.25) is 9.35 Å². The Morgan fingerprint density at radius 1 is 1.18 bits per heavy atom. The van der Waals surface area contributed by atoms with Gasteiger partial charge >= 0.3 is 5.63 Å². The summed E-state index contributed by atoms with van der Waals surface area (Å²) in [7, 11) is -4.30. The monoisotopic (exact) mass is 489 g/mol.